The van der Waals surface area contributed by atoms with Crippen LogP contribution in [-0.4, -0.2) is 28.0 Å². The van der Waals surface area contributed by atoms with Crippen LogP contribution in [0.3, 0.4) is 0 Å². The van der Waals surface area contributed by atoms with Crippen molar-refractivity contribution in [2.24, 2.45) is 5.73 Å². The van der Waals surface area contributed by atoms with Gasteiger partial charge in [0, 0.05) is 12.1 Å². The Morgan fingerprint density at radius 1 is 1.42 bits per heavy atom. The van der Waals surface area contributed by atoms with Gasteiger partial charge < -0.3 is 15.6 Å². The van der Waals surface area contributed by atoms with E-state index in [0.717, 1.165) is 6.07 Å². The van der Waals surface area contributed by atoms with Gasteiger partial charge >= 0.3 is 11.9 Å². The van der Waals surface area contributed by atoms with Crippen molar-refractivity contribution in [1.29, 1.82) is 0 Å². The molecule has 0 aliphatic rings. The lowest BCUT2D eigenvalue weighted by atomic mass is 10.1. The van der Waals surface area contributed by atoms with E-state index < -0.39 is 29.0 Å². The Balaban J connectivity index is 2.85. The van der Waals surface area contributed by atoms with Gasteiger partial charge in [0.1, 0.15) is 6.04 Å². The van der Waals surface area contributed by atoms with Gasteiger partial charge in [0.2, 0.25) is 0 Å². The summed E-state index contributed by atoms with van der Waals surface area (Å²) < 4.78 is 4.31. The fourth-order valence-corrected chi connectivity index (χ4v) is 1.19. The smallest absolute Gasteiger partial charge is 0.347 e. The minimum atomic E-state index is -1.79. The number of non-ortho nitro benzene ring substituents is 1. The Labute approximate surface area is 107 Å². The van der Waals surface area contributed by atoms with Gasteiger partial charge in [0.25, 0.3) is 5.69 Å². The maximum atomic E-state index is 11.4. The predicted octanol–water partition coefficient (Wildman–Crippen LogP) is 0.0452. The van der Waals surface area contributed by atoms with E-state index in [1.165, 1.54) is 25.1 Å². The molecule has 0 amide bonds. The number of hydrogen-bond donors (Lipinski definition) is 2. The zero-order valence-electron chi connectivity index (χ0n) is 9.98. The minimum Gasteiger partial charge on any atom is -0.390 e. The van der Waals surface area contributed by atoms with E-state index in [-0.39, 0.29) is 11.3 Å². The molecule has 0 aliphatic carbocycles. The molecule has 0 spiro atoms. The number of nitrogens with two attached hydrogens (primary N) is 1. The van der Waals surface area contributed by atoms with Crippen molar-refractivity contribution >= 4 is 17.6 Å². The maximum Gasteiger partial charge on any atom is 0.347 e. The van der Waals surface area contributed by atoms with Gasteiger partial charge in [0.15, 0.2) is 6.10 Å². The van der Waals surface area contributed by atoms with E-state index in [0.29, 0.717) is 0 Å². The highest BCUT2D eigenvalue weighted by atomic mass is 16.6. The monoisotopic (exact) mass is 268 g/mol. The third-order valence-electron chi connectivity index (χ3n) is 2.19. The Hall–Kier alpha value is -2.32. The molecule has 0 bridgehead atoms. The average Bonchev–Trinajstić information content (AvgIpc) is 2.37. The molecule has 8 heteroatoms. The Kier molecular flexibility index (Phi) is 4.67. The van der Waals surface area contributed by atoms with Crippen LogP contribution in [0.4, 0.5) is 5.69 Å². The topological polar surface area (TPSA) is 133 Å². The number of aliphatic hydroxyl groups is 1. The number of hydrogen-bond acceptors (Lipinski definition) is 7. The average molecular weight is 268 g/mol. The van der Waals surface area contributed by atoms with Crippen molar-refractivity contribution in [3.05, 3.63) is 39.9 Å². The zero-order valence-corrected chi connectivity index (χ0v) is 9.98. The Bertz CT molecular complexity index is 514. The predicted molar refractivity (Wildman–Crippen MR) is 62.8 cm³/mol. The number of ether oxygens (including phenoxy) is 1. The SMILES string of the molecule is C[C@@H](N)C(=O)OC(=O)[C@@H](O)c1cccc([N+](=O)[O-])c1. The summed E-state index contributed by atoms with van der Waals surface area (Å²) in [5.41, 5.74) is 4.86. The van der Waals surface area contributed by atoms with Gasteiger partial charge in [-0.3, -0.25) is 10.1 Å². The highest BCUT2D eigenvalue weighted by Crippen LogP contribution is 2.20. The number of carbonyl (C=O) groups excluding carboxylic acids is 2. The molecule has 102 valence electrons. The lowest BCUT2D eigenvalue weighted by Crippen LogP contribution is -2.32. The zero-order chi connectivity index (χ0) is 14.6. The minimum absolute atomic E-state index is 0.0447. The second-order valence-electron chi connectivity index (χ2n) is 3.78. The highest BCUT2D eigenvalue weighted by molar-refractivity contribution is 5.90. The summed E-state index contributed by atoms with van der Waals surface area (Å²) >= 11 is 0. The first-order valence-corrected chi connectivity index (χ1v) is 5.26. The van der Waals surface area contributed by atoms with Crippen LogP contribution in [-0.2, 0) is 14.3 Å². The third-order valence-corrected chi connectivity index (χ3v) is 2.19. The van der Waals surface area contributed by atoms with E-state index in [2.05, 4.69) is 4.74 Å². The second kappa shape index (κ2) is 6.03. The van der Waals surface area contributed by atoms with E-state index in [9.17, 15) is 24.8 Å². The van der Waals surface area contributed by atoms with Crippen LogP contribution in [0, 0.1) is 10.1 Å². The second-order valence-corrected chi connectivity index (χ2v) is 3.78. The lowest BCUT2D eigenvalue weighted by molar-refractivity contribution is -0.385. The molecule has 1 aromatic rings. The summed E-state index contributed by atoms with van der Waals surface area (Å²) in [5, 5.41) is 20.2. The van der Waals surface area contributed by atoms with E-state index >= 15 is 0 Å². The summed E-state index contributed by atoms with van der Waals surface area (Å²) in [7, 11) is 0. The van der Waals surface area contributed by atoms with Crippen LogP contribution >= 0.6 is 0 Å². The van der Waals surface area contributed by atoms with Crippen LogP contribution in [0.2, 0.25) is 0 Å². The number of aliphatic hydroxyl groups excluding tert-OH is 1. The van der Waals surface area contributed by atoms with Crippen LogP contribution in [0.5, 0.6) is 0 Å². The van der Waals surface area contributed by atoms with E-state index in [1.54, 1.807) is 0 Å². The molecule has 0 saturated carbocycles. The van der Waals surface area contributed by atoms with Crippen molar-refractivity contribution in [3.63, 3.8) is 0 Å². The van der Waals surface area contributed by atoms with Crippen molar-refractivity contribution in [3.8, 4) is 0 Å². The summed E-state index contributed by atoms with van der Waals surface area (Å²) in [6.45, 7) is 1.31. The van der Waals surface area contributed by atoms with E-state index in [4.69, 9.17) is 5.73 Å². The van der Waals surface area contributed by atoms with Crippen LogP contribution in [0.1, 0.15) is 18.6 Å². The first kappa shape index (κ1) is 14.7. The molecule has 0 radical (unpaired) electrons. The van der Waals surface area contributed by atoms with Gasteiger partial charge in [-0.25, -0.2) is 9.59 Å². The number of nitro benzene ring substituents is 1. The molecule has 1 rings (SSSR count). The number of benzene rings is 1. The van der Waals surface area contributed by atoms with Gasteiger partial charge in [-0.1, -0.05) is 12.1 Å². The standard InChI is InChI=1S/C11H12N2O6/c1-6(12)10(15)19-11(16)9(14)7-3-2-4-8(5-7)13(17)18/h2-6,9,14H,12H2,1H3/t6-,9+/m1/s1. The van der Waals surface area contributed by atoms with Gasteiger partial charge in [-0.15, -0.1) is 0 Å². The molecule has 0 aliphatic heterocycles. The van der Waals surface area contributed by atoms with Gasteiger partial charge in [0.05, 0.1) is 4.92 Å². The number of nitrogens with zero attached hydrogens (tertiary/aromatic N) is 1. The fourth-order valence-electron chi connectivity index (χ4n) is 1.19. The quantitative estimate of drug-likeness (QED) is 0.341. The first-order valence-electron chi connectivity index (χ1n) is 5.26. The number of esters is 2. The molecule has 0 unspecified atom stereocenters. The molecule has 8 nitrogen and oxygen atoms in total. The van der Waals surface area contributed by atoms with Crippen molar-refractivity contribution in [2.75, 3.05) is 0 Å². The largest absolute Gasteiger partial charge is 0.390 e. The van der Waals surface area contributed by atoms with Crippen molar-refractivity contribution in [2.45, 2.75) is 19.1 Å². The summed E-state index contributed by atoms with van der Waals surface area (Å²) in [5.74, 6) is -2.22. The summed E-state index contributed by atoms with van der Waals surface area (Å²) in [4.78, 5) is 32.4. The van der Waals surface area contributed by atoms with Gasteiger partial charge in [-0.05, 0) is 12.5 Å². The van der Waals surface area contributed by atoms with Crippen LogP contribution in [0.25, 0.3) is 0 Å². The molecule has 2 atom stereocenters. The number of nitro groups is 1. The molecule has 1 aromatic carbocycles. The number of carbonyl (C=O) groups is 2. The molecule has 0 heterocycles. The molecular weight excluding hydrogens is 256 g/mol. The highest BCUT2D eigenvalue weighted by Gasteiger charge is 2.24. The molecule has 19 heavy (non-hydrogen) atoms. The molecule has 3 N–H and O–H groups in total. The first-order chi connectivity index (χ1) is 8.82. The van der Waals surface area contributed by atoms with Gasteiger partial charge in [-0.2, -0.15) is 0 Å². The molecule has 0 saturated heterocycles. The Morgan fingerprint density at radius 2 is 2.05 bits per heavy atom. The Morgan fingerprint density at radius 3 is 2.58 bits per heavy atom. The van der Waals surface area contributed by atoms with Crippen molar-refractivity contribution in [1.82, 2.24) is 0 Å². The normalized spacial score (nSPS) is 13.4. The fraction of sp³-hybridized carbons (Fsp3) is 0.273. The van der Waals surface area contributed by atoms with Crippen LogP contribution < -0.4 is 5.73 Å². The molecule has 0 fully saturated rings. The lowest BCUT2D eigenvalue weighted by Gasteiger charge is -2.10. The number of rotatable bonds is 4. The third kappa shape index (κ3) is 3.83. The summed E-state index contributed by atoms with van der Waals surface area (Å²) in [6, 6.07) is 3.81. The van der Waals surface area contributed by atoms with Crippen LogP contribution in [0.15, 0.2) is 24.3 Å². The summed E-state index contributed by atoms with van der Waals surface area (Å²) in [6.07, 6.45) is -1.79. The van der Waals surface area contributed by atoms with Crippen molar-refractivity contribution < 1.29 is 24.4 Å². The molecule has 0 aromatic heterocycles. The van der Waals surface area contributed by atoms with E-state index in [1.807, 2.05) is 0 Å². The maximum absolute atomic E-state index is 11.4. The molecular formula is C11H12N2O6.